The molecule has 0 unspecified atom stereocenters. The van der Waals surface area contributed by atoms with Gasteiger partial charge in [0, 0.05) is 11.9 Å². The van der Waals surface area contributed by atoms with Gasteiger partial charge in [-0.25, -0.2) is 0 Å². The second-order valence-electron chi connectivity index (χ2n) is 1.43. The molecule has 76 valence electrons. The quantitative estimate of drug-likeness (QED) is 0.444. The Morgan fingerprint density at radius 2 is 1.08 bits per heavy atom. The maximum Gasteiger partial charge on any atom is 2.00 e. The van der Waals surface area contributed by atoms with Crippen molar-refractivity contribution in [2.24, 2.45) is 0 Å². The Hall–Kier alpha value is -0.218. The molecule has 0 spiro atoms. The summed E-state index contributed by atoms with van der Waals surface area (Å²) in [6.45, 7) is 1.69. The molecule has 0 aromatic heterocycles. The number of aliphatic hydroxyl groups excluding tert-OH is 2. The number of hydrogen-bond acceptors (Lipinski definition) is 6. The van der Waals surface area contributed by atoms with E-state index in [1.165, 1.54) is 0 Å². The fourth-order valence-electron chi connectivity index (χ4n) is 0. The number of carbonyl (C=O) groups is 2. The smallest absolute Gasteiger partial charge is 0.550 e. The van der Waals surface area contributed by atoms with Crippen molar-refractivity contribution in [1.29, 1.82) is 0 Å². The fraction of sp³-hybridized carbons (Fsp3) is 0.667. The van der Waals surface area contributed by atoms with Gasteiger partial charge in [-0.1, -0.05) is 0 Å². The zero-order chi connectivity index (χ0) is 10.6. The summed E-state index contributed by atoms with van der Waals surface area (Å²) in [5, 5.41) is 33.0. The van der Waals surface area contributed by atoms with Crippen molar-refractivity contribution >= 4 is 39.2 Å². The van der Waals surface area contributed by atoms with Crippen LogP contribution in [0.2, 0.25) is 0 Å². The van der Waals surface area contributed by atoms with E-state index in [4.69, 9.17) is 30.0 Å². The Labute approximate surface area is 96.4 Å². The molecule has 0 rings (SSSR count). The van der Waals surface area contributed by atoms with Crippen molar-refractivity contribution in [3.05, 3.63) is 0 Å². The molecular formula is C6H12O6Pb. The molecule has 0 bridgehead atoms. The van der Waals surface area contributed by atoms with Crippen LogP contribution < -0.4 is 10.2 Å². The van der Waals surface area contributed by atoms with E-state index in [0.29, 0.717) is 0 Å². The Balaban J connectivity index is -0.0000000450. The molecule has 0 amide bonds. The third kappa shape index (κ3) is 1840. The van der Waals surface area contributed by atoms with E-state index in [1.54, 1.807) is 0 Å². The molecule has 0 aromatic rings. The molecule has 0 aromatic carbocycles. The maximum absolute atomic E-state index is 8.89. The summed E-state index contributed by atoms with van der Waals surface area (Å²) in [6.07, 6.45) is 0. The van der Waals surface area contributed by atoms with Crippen molar-refractivity contribution in [1.82, 2.24) is 0 Å². The van der Waals surface area contributed by atoms with Crippen LogP contribution in [0.5, 0.6) is 0 Å². The van der Waals surface area contributed by atoms with E-state index in [2.05, 4.69) is 0 Å². The topological polar surface area (TPSA) is 121 Å². The number of rotatable bonds is 1. The van der Waals surface area contributed by atoms with Crippen molar-refractivity contribution in [2.45, 2.75) is 13.8 Å². The summed E-state index contributed by atoms with van der Waals surface area (Å²) in [5.74, 6) is -2.17. The molecule has 6 nitrogen and oxygen atoms in total. The number of carboxylic acids is 2. The fourth-order valence-corrected chi connectivity index (χ4v) is 0. The molecule has 0 aliphatic heterocycles. The SMILES string of the molecule is CC(=O)[O-].CC(=O)[O-].OCCO.[Pb+2]. The summed E-state index contributed by atoms with van der Waals surface area (Å²) in [5.41, 5.74) is 0. The molecule has 0 saturated carbocycles. The third-order valence-corrected chi connectivity index (χ3v) is 0.1000. The first-order valence-corrected chi connectivity index (χ1v) is 2.95. The van der Waals surface area contributed by atoms with Gasteiger partial charge < -0.3 is 30.0 Å². The average Bonchev–Trinajstić information content (AvgIpc) is 1.85. The van der Waals surface area contributed by atoms with Gasteiger partial charge in [-0.05, 0) is 13.8 Å². The van der Waals surface area contributed by atoms with Gasteiger partial charge >= 0.3 is 27.3 Å². The first-order valence-electron chi connectivity index (χ1n) is 2.95. The van der Waals surface area contributed by atoms with Gasteiger partial charge in [-0.3, -0.25) is 0 Å². The van der Waals surface area contributed by atoms with Crippen LogP contribution in [0.15, 0.2) is 0 Å². The van der Waals surface area contributed by atoms with E-state index >= 15 is 0 Å². The molecule has 13 heavy (non-hydrogen) atoms. The number of aliphatic carboxylic acids is 2. The second-order valence-corrected chi connectivity index (χ2v) is 1.43. The minimum Gasteiger partial charge on any atom is -0.550 e. The first kappa shape index (κ1) is 23.0. The summed E-state index contributed by atoms with van der Waals surface area (Å²) in [6, 6.07) is 0. The Bertz CT molecular complexity index is 93.7. The summed E-state index contributed by atoms with van der Waals surface area (Å²) in [4.78, 5) is 17.8. The van der Waals surface area contributed by atoms with Crippen molar-refractivity contribution in [3.8, 4) is 0 Å². The van der Waals surface area contributed by atoms with Gasteiger partial charge in [0.05, 0.1) is 13.2 Å². The Kier molecular flexibility index (Phi) is 40.0. The van der Waals surface area contributed by atoms with Crippen LogP contribution in [0, 0.1) is 0 Å². The Morgan fingerprint density at radius 3 is 1.08 bits per heavy atom. The van der Waals surface area contributed by atoms with Crippen LogP contribution in [0.3, 0.4) is 0 Å². The van der Waals surface area contributed by atoms with Gasteiger partial charge in [0.2, 0.25) is 0 Å². The van der Waals surface area contributed by atoms with Crippen molar-refractivity contribution < 1.29 is 30.0 Å². The van der Waals surface area contributed by atoms with Crippen LogP contribution in [-0.4, -0.2) is 62.7 Å². The van der Waals surface area contributed by atoms with Crippen molar-refractivity contribution in [3.63, 3.8) is 0 Å². The van der Waals surface area contributed by atoms with Crippen LogP contribution in [0.25, 0.3) is 0 Å². The molecule has 2 radical (unpaired) electrons. The monoisotopic (exact) mass is 388 g/mol. The first-order chi connectivity index (χ1) is 5.38. The van der Waals surface area contributed by atoms with Crippen LogP contribution in [-0.2, 0) is 9.59 Å². The molecular weight excluding hydrogens is 375 g/mol. The Morgan fingerprint density at radius 1 is 1.00 bits per heavy atom. The second kappa shape index (κ2) is 22.6. The zero-order valence-electron chi connectivity index (χ0n) is 7.44. The number of carbonyl (C=O) groups excluding carboxylic acids is 2. The van der Waals surface area contributed by atoms with Crippen LogP contribution in [0.4, 0.5) is 0 Å². The van der Waals surface area contributed by atoms with Crippen molar-refractivity contribution in [2.75, 3.05) is 13.2 Å². The van der Waals surface area contributed by atoms with E-state index in [9.17, 15) is 0 Å². The number of aliphatic hydroxyl groups is 2. The summed E-state index contributed by atoms with van der Waals surface area (Å²) < 4.78 is 0. The van der Waals surface area contributed by atoms with Gasteiger partial charge in [0.25, 0.3) is 0 Å². The zero-order valence-corrected chi connectivity index (χ0v) is 11.3. The molecule has 0 heterocycles. The molecule has 0 aliphatic carbocycles. The minimum absolute atomic E-state index is 0. The number of hydrogen-bond donors (Lipinski definition) is 2. The third-order valence-electron chi connectivity index (χ3n) is 0.1000. The van der Waals surface area contributed by atoms with E-state index in [1.807, 2.05) is 0 Å². The van der Waals surface area contributed by atoms with Gasteiger partial charge in [0.1, 0.15) is 0 Å². The molecule has 2 N–H and O–H groups in total. The van der Waals surface area contributed by atoms with Crippen LogP contribution in [0.1, 0.15) is 13.8 Å². The molecule has 0 fully saturated rings. The standard InChI is InChI=1S/2C2H4O2.C2H6O2.Pb/c2*1-2(3)4;3-1-2-4;/h2*1H3,(H,3,4);3-4H,1-2H2;/q;;;+2/p-2. The predicted molar refractivity (Wildman–Crippen MR) is 41.3 cm³/mol. The van der Waals surface area contributed by atoms with Gasteiger partial charge in [-0.15, -0.1) is 0 Å². The summed E-state index contributed by atoms with van der Waals surface area (Å²) in [7, 11) is 0. The molecule has 0 aliphatic rings. The van der Waals surface area contributed by atoms with Gasteiger partial charge in [-0.2, -0.15) is 0 Å². The van der Waals surface area contributed by atoms with E-state index < -0.39 is 11.9 Å². The predicted octanol–water partition coefficient (Wildman–Crippen LogP) is -3.90. The maximum atomic E-state index is 8.89. The number of carboxylic acid groups (broad SMARTS) is 2. The molecule has 0 atom stereocenters. The van der Waals surface area contributed by atoms with Crippen LogP contribution >= 0.6 is 0 Å². The summed E-state index contributed by atoms with van der Waals surface area (Å²) >= 11 is 0. The van der Waals surface area contributed by atoms with E-state index in [0.717, 1.165) is 13.8 Å². The molecule has 0 saturated heterocycles. The largest absolute Gasteiger partial charge is 2.00 e. The van der Waals surface area contributed by atoms with E-state index in [-0.39, 0.29) is 40.5 Å². The molecule has 7 heteroatoms. The van der Waals surface area contributed by atoms with Gasteiger partial charge in [0.15, 0.2) is 0 Å². The average molecular weight is 387 g/mol. The minimum atomic E-state index is -1.08. The normalized spacial score (nSPS) is 6.15.